The van der Waals surface area contributed by atoms with Gasteiger partial charge in [0.05, 0.1) is 22.7 Å². The standard InChI is InChI=1S/C15H13Cl3INO/c1-2-21-14-7-10(16)9(6-12(14)18)15(20)8-3-4-13(19)11(17)5-8/h3-7,15H,2,20H2,1H3. The van der Waals surface area contributed by atoms with Gasteiger partial charge in [0.15, 0.2) is 0 Å². The average Bonchev–Trinajstić information content (AvgIpc) is 2.45. The van der Waals surface area contributed by atoms with Crippen LogP contribution in [0.3, 0.4) is 0 Å². The van der Waals surface area contributed by atoms with Crippen LogP contribution in [0.1, 0.15) is 24.1 Å². The lowest BCUT2D eigenvalue weighted by Crippen LogP contribution is -2.13. The van der Waals surface area contributed by atoms with E-state index in [-0.39, 0.29) is 0 Å². The first kappa shape index (κ1) is 17.2. The Morgan fingerprint density at radius 1 is 1.10 bits per heavy atom. The van der Waals surface area contributed by atoms with Crippen LogP contribution in [0.2, 0.25) is 15.1 Å². The monoisotopic (exact) mass is 455 g/mol. The van der Waals surface area contributed by atoms with E-state index in [0.717, 1.165) is 14.7 Å². The predicted octanol–water partition coefficient (Wildman–Crippen LogP) is 5.70. The lowest BCUT2D eigenvalue weighted by atomic mass is 9.99. The minimum Gasteiger partial charge on any atom is -0.492 e. The summed E-state index contributed by atoms with van der Waals surface area (Å²) in [6, 6.07) is 8.72. The van der Waals surface area contributed by atoms with E-state index in [1.165, 1.54) is 0 Å². The van der Waals surface area contributed by atoms with Crippen LogP contribution in [-0.4, -0.2) is 6.61 Å². The molecule has 0 bridgehead atoms. The average molecular weight is 457 g/mol. The Bertz CT molecular complexity index is 664. The second-order valence-corrected chi connectivity index (χ2v) is 6.77. The molecule has 21 heavy (non-hydrogen) atoms. The van der Waals surface area contributed by atoms with Crippen LogP contribution >= 0.6 is 57.4 Å². The van der Waals surface area contributed by atoms with Gasteiger partial charge in [0, 0.05) is 14.7 Å². The van der Waals surface area contributed by atoms with Crippen molar-refractivity contribution in [2.75, 3.05) is 6.61 Å². The zero-order valence-electron chi connectivity index (χ0n) is 11.2. The molecule has 0 saturated heterocycles. The molecule has 2 N–H and O–H groups in total. The van der Waals surface area contributed by atoms with E-state index in [2.05, 4.69) is 22.6 Å². The summed E-state index contributed by atoms with van der Waals surface area (Å²) in [6.07, 6.45) is 0. The summed E-state index contributed by atoms with van der Waals surface area (Å²) in [5.74, 6) is 0.556. The molecule has 112 valence electrons. The molecule has 0 spiro atoms. The first-order valence-corrected chi connectivity index (χ1v) is 8.47. The van der Waals surface area contributed by atoms with Crippen molar-refractivity contribution in [1.29, 1.82) is 0 Å². The Kier molecular flexibility index (Phi) is 6.03. The van der Waals surface area contributed by atoms with E-state index in [1.54, 1.807) is 12.1 Å². The molecular formula is C15H13Cl3INO. The van der Waals surface area contributed by atoms with Crippen LogP contribution in [0.5, 0.6) is 5.75 Å². The molecule has 0 radical (unpaired) electrons. The summed E-state index contributed by atoms with van der Waals surface area (Å²) in [7, 11) is 0. The maximum Gasteiger partial charge on any atom is 0.139 e. The molecule has 0 saturated carbocycles. The van der Waals surface area contributed by atoms with E-state index in [1.807, 2.05) is 25.1 Å². The number of hydrogen-bond donors (Lipinski definition) is 1. The van der Waals surface area contributed by atoms with Gasteiger partial charge in [0.25, 0.3) is 0 Å². The molecule has 0 aliphatic heterocycles. The molecule has 6 heteroatoms. The fourth-order valence-corrected chi connectivity index (χ4v) is 2.96. The molecule has 0 fully saturated rings. The smallest absolute Gasteiger partial charge is 0.139 e. The van der Waals surface area contributed by atoms with Gasteiger partial charge in [0.2, 0.25) is 0 Å². The quantitative estimate of drug-likeness (QED) is 0.599. The zero-order chi connectivity index (χ0) is 15.6. The van der Waals surface area contributed by atoms with E-state index in [9.17, 15) is 0 Å². The second kappa shape index (κ2) is 7.38. The van der Waals surface area contributed by atoms with Gasteiger partial charge in [-0.25, -0.2) is 0 Å². The summed E-state index contributed by atoms with van der Waals surface area (Å²) in [5, 5.41) is 1.67. The van der Waals surface area contributed by atoms with Crippen molar-refractivity contribution in [3.63, 3.8) is 0 Å². The Balaban J connectivity index is 2.40. The molecule has 2 aromatic rings. The van der Waals surface area contributed by atoms with Gasteiger partial charge < -0.3 is 10.5 Å². The summed E-state index contributed by atoms with van der Waals surface area (Å²) in [4.78, 5) is 0. The third-order valence-electron chi connectivity index (χ3n) is 2.99. The van der Waals surface area contributed by atoms with Gasteiger partial charge in [0.1, 0.15) is 5.75 Å². The maximum absolute atomic E-state index is 6.30. The van der Waals surface area contributed by atoms with Crippen LogP contribution in [0.25, 0.3) is 0 Å². The number of rotatable bonds is 4. The highest BCUT2D eigenvalue weighted by Gasteiger charge is 2.16. The van der Waals surface area contributed by atoms with Crippen molar-refractivity contribution < 1.29 is 4.74 Å². The van der Waals surface area contributed by atoms with E-state index >= 15 is 0 Å². The van der Waals surface area contributed by atoms with Crippen molar-refractivity contribution in [1.82, 2.24) is 0 Å². The highest BCUT2D eigenvalue weighted by atomic mass is 127. The van der Waals surface area contributed by atoms with Crippen LogP contribution in [0.4, 0.5) is 0 Å². The number of nitrogens with two attached hydrogens (primary N) is 1. The Hall–Kier alpha value is -0.200. The number of hydrogen-bond acceptors (Lipinski definition) is 2. The molecule has 0 aliphatic carbocycles. The normalized spacial score (nSPS) is 12.3. The topological polar surface area (TPSA) is 35.2 Å². The van der Waals surface area contributed by atoms with Crippen LogP contribution in [0.15, 0.2) is 30.3 Å². The van der Waals surface area contributed by atoms with Crippen molar-refractivity contribution in [3.05, 3.63) is 60.1 Å². The molecule has 0 heterocycles. The third kappa shape index (κ3) is 3.96. The molecule has 2 aromatic carbocycles. The molecule has 0 amide bonds. The van der Waals surface area contributed by atoms with Gasteiger partial charge >= 0.3 is 0 Å². The third-order valence-corrected chi connectivity index (χ3v) is 5.18. The number of ether oxygens (including phenoxy) is 1. The van der Waals surface area contributed by atoms with E-state index in [0.29, 0.717) is 27.4 Å². The fourth-order valence-electron chi connectivity index (χ4n) is 1.93. The molecule has 0 aliphatic rings. The van der Waals surface area contributed by atoms with Crippen molar-refractivity contribution >= 4 is 57.4 Å². The van der Waals surface area contributed by atoms with Crippen LogP contribution < -0.4 is 10.5 Å². The first-order valence-electron chi connectivity index (χ1n) is 6.26. The molecule has 2 nitrogen and oxygen atoms in total. The van der Waals surface area contributed by atoms with Gasteiger partial charge in [-0.15, -0.1) is 0 Å². The largest absolute Gasteiger partial charge is 0.492 e. The summed E-state index contributed by atoms with van der Waals surface area (Å²) >= 11 is 20.8. The lowest BCUT2D eigenvalue weighted by molar-refractivity contribution is 0.340. The predicted molar refractivity (Wildman–Crippen MR) is 97.8 cm³/mol. The molecule has 0 aromatic heterocycles. The second-order valence-electron chi connectivity index (χ2n) is 4.39. The van der Waals surface area contributed by atoms with Crippen molar-refractivity contribution in [2.24, 2.45) is 5.73 Å². The lowest BCUT2D eigenvalue weighted by Gasteiger charge is -2.17. The number of halogens is 4. The Labute approximate surface area is 152 Å². The van der Waals surface area contributed by atoms with Crippen molar-refractivity contribution in [2.45, 2.75) is 13.0 Å². The van der Waals surface area contributed by atoms with Gasteiger partial charge in [-0.1, -0.05) is 40.9 Å². The van der Waals surface area contributed by atoms with E-state index < -0.39 is 6.04 Å². The summed E-state index contributed by atoms with van der Waals surface area (Å²) in [6.45, 7) is 2.41. The van der Waals surface area contributed by atoms with Crippen LogP contribution in [0, 0.1) is 3.57 Å². The molecule has 1 atom stereocenters. The van der Waals surface area contributed by atoms with E-state index in [4.69, 9.17) is 45.3 Å². The first-order chi connectivity index (χ1) is 9.93. The van der Waals surface area contributed by atoms with Gasteiger partial charge in [-0.3, -0.25) is 0 Å². The van der Waals surface area contributed by atoms with Gasteiger partial charge in [-0.05, 0) is 58.8 Å². The summed E-state index contributed by atoms with van der Waals surface area (Å²) in [5.41, 5.74) is 7.90. The maximum atomic E-state index is 6.30. The zero-order valence-corrected chi connectivity index (χ0v) is 15.6. The summed E-state index contributed by atoms with van der Waals surface area (Å²) < 4.78 is 6.39. The molecular weight excluding hydrogens is 443 g/mol. The molecule has 2 rings (SSSR count). The van der Waals surface area contributed by atoms with Gasteiger partial charge in [-0.2, -0.15) is 0 Å². The van der Waals surface area contributed by atoms with Crippen molar-refractivity contribution in [3.8, 4) is 5.75 Å². The highest BCUT2D eigenvalue weighted by molar-refractivity contribution is 14.1. The Morgan fingerprint density at radius 3 is 2.43 bits per heavy atom. The fraction of sp³-hybridized carbons (Fsp3) is 0.200. The number of benzene rings is 2. The Morgan fingerprint density at radius 2 is 1.81 bits per heavy atom. The minimum atomic E-state index is -0.403. The minimum absolute atomic E-state index is 0.403. The van der Waals surface area contributed by atoms with Crippen LogP contribution in [-0.2, 0) is 0 Å². The SMILES string of the molecule is CCOc1cc(Cl)c(C(N)c2ccc(I)c(Cl)c2)cc1Cl. The molecule has 1 unspecified atom stereocenters. The highest BCUT2D eigenvalue weighted by Crippen LogP contribution is 2.36.